The van der Waals surface area contributed by atoms with Crippen LogP contribution in [-0.2, 0) is 0 Å². The third-order valence-corrected chi connectivity index (χ3v) is 5.50. The van der Waals surface area contributed by atoms with Gasteiger partial charge in [-0.1, -0.05) is 27.2 Å². The summed E-state index contributed by atoms with van der Waals surface area (Å²) in [7, 11) is 0. The van der Waals surface area contributed by atoms with Gasteiger partial charge in [0.25, 0.3) is 0 Å². The highest BCUT2D eigenvalue weighted by atomic mass is 32.2. The molecular weight excluding hydrogens is 274 g/mol. The lowest BCUT2D eigenvalue weighted by molar-refractivity contribution is 0.146. The van der Waals surface area contributed by atoms with Gasteiger partial charge in [-0.15, -0.1) is 23.1 Å². The van der Waals surface area contributed by atoms with E-state index >= 15 is 0 Å². The molecule has 0 aromatic carbocycles. The molecule has 0 aliphatic rings. The van der Waals surface area contributed by atoms with Crippen molar-refractivity contribution in [1.29, 1.82) is 0 Å². The molecule has 0 radical (unpaired) electrons. The smallest absolute Gasteiger partial charge is 0.0894 e. The second-order valence-electron chi connectivity index (χ2n) is 4.68. The quantitative estimate of drug-likeness (QED) is 0.648. The SMILES string of the molecule is CCCCN(CC)CCC(O)c1ccc(SCC)s1. The van der Waals surface area contributed by atoms with E-state index in [-0.39, 0.29) is 6.10 Å². The molecule has 0 aliphatic carbocycles. The number of thiophene rings is 1. The van der Waals surface area contributed by atoms with E-state index in [0.717, 1.165) is 36.7 Å². The van der Waals surface area contributed by atoms with Crippen LogP contribution in [0.5, 0.6) is 0 Å². The molecular formula is C15H27NOS2. The predicted molar refractivity (Wildman–Crippen MR) is 87.3 cm³/mol. The van der Waals surface area contributed by atoms with Gasteiger partial charge in [0.15, 0.2) is 0 Å². The van der Waals surface area contributed by atoms with E-state index in [1.165, 1.54) is 17.1 Å². The average molecular weight is 302 g/mol. The summed E-state index contributed by atoms with van der Waals surface area (Å²) < 4.78 is 1.31. The molecule has 0 amide bonds. The summed E-state index contributed by atoms with van der Waals surface area (Å²) in [5, 5.41) is 10.2. The minimum absolute atomic E-state index is 0.299. The molecule has 0 spiro atoms. The normalized spacial score (nSPS) is 13.1. The summed E-state index contributed by atoms with van der Waals surface area (Å²) in [5.41, 5.74) is 0. The van der Waals surface area contributed by atoms with Crippen molar-refractivity contribution in [3.05, 3.63) is 17.0 Å². The summed E-state index contributed by atoms with van der Waals surface area (Å²) in [5.74, 6) is 1.09. The molecule has 19 heavy (non-hydrogen) atoms. The van der Waals surface area contributed by atoms with Gasteiger partial charge in [0.1, 0.15) is 0 Å². The van der Waals surface area contributed by atoms with Crippen LogP contribution in [-0.4, -0.2) is 35.4 Å². The Hall–Kier alpha value is -0.0300. The molecule has 110 valence electrons. The van der Waals surface area contributed by atoms with Crippen LogP contribution in [0.1, 0.15) is 51.0 Å². The van der Waals surface area contributed by atoms with Crippen LogP contribution in [0.4, 0.5) is 0 Å². The molecule has 1 rings (SSSR count). The van der Waals surface area contributed by atoms with Gasteiger partial charge in [-0.05, 0) is 43.8 Å². The number of aliphatic hydroxyl groups excluding tert-OH is 1. The van der Waals surface area contributed by atoms with Crippen LogP contribution >= 0.6 is 23.1 Å². The molecule has 0 aliphatic heterocycles. The van der Waals surface area contributed by atoms with Crippen LogP contribution in [0, 0.1) is 0 Å². The molecule has 1 aromatic heterocycles. The molecule has 2 nitrogen and oxygen atoms in total. The maximum absolute atomic E-state index is 10.2. The van der Waals surface area contributed by atoms with Gasteiger partial charge < -0.3 is 10.0 Å². The number of aliphatic hydroxyl groups is 1. The van der Waals surface area contributed by atoms with E-state index in [0.29, 0.717) is 0 Å². The maximum atomic E-state index is 10.2. The summed E-state index contributed by atoms with van der Waals surface area (Å²) >= 11 is 3.59. The Morgan fingerprint density at radius 3 is 2.68 bits per heavy atom. The van der Waals surface area contributed by atoms with E-state index < -0.39 is 0 Å². The fourth-order valence-electron chi connectivity index (χ4n) is 1.99. The van der Waals surface area contributed by atoms with Crippen LogP contribution in [0.3, 0.4) is 0 Å². The van der Waals surface area contributed by atoms with Crippen molar-refractivity contribution in [1.82, 2.24) is 4.90 Å². The van der Waals surface area contributed by atoms with Crippen molar-refractivity contribution in [2.24, 2.45) is 0 Å². The predicted octanol–water partition coefficient (Wildman–Crippen LogP) is 4.41. The third-order valence-electron chi connectivity index (χ3n) is 3.21. The zero-order valence-corrected chi connectivity index (χ0v) is 14.0. The van der Waals surface area contributed by atoms with Gasteiger partial charge in [-0.3, -0.25) is 0 Å². The minimum atomic E-state index is -0.299. The van der Waals surface area contributed by atoms with Crippen LogP contribution in [0.15, 0.2) is 16.3 Å². The standard InChI is InChI=1S/C15H27NOS2/c1-4-7-11-16(5-2)12-10-13(17)14-8-9-15(19-14)18-6-3/h8-9,13,17H,4-7,10-12H2,1-3H3. The fraction of sp³-hybridized carbons (Fsp3) is 0.733. The Bertz CT molecular complexity index is 341. The highest BCUT2D eigenvalue weighted by Gasteiger charge is 2.12. The second-order valence-corrected chi connectivity index (χ2v) is 7.36. The molecule has 0 fully saturated rings. The minimum Gasteiger partial charge on any atom is -0.388 e. The monoisotopic (exact) mass is 301 g/mol. The summed E-state index contributed by atoms with van der Waals surface area (Å²) in [6.07, 6.45) is 3.03. The fourth-order valence-corrected chi connectivity index (χ4v) is 4.08. The molecule has 0 bridgehead atoms. The first-order chi connectivity index (χ1) is 9.21. The van der Waals surface area contributed by atoms with Crippen molar-refractivity contribution in [3.8, 4) is 0 Å². The van der Waals surface area contributed by atoms with Crippen molar-refractivity contribution in [3.63, 3.8) is 0 Å². The first-order valence-corrected chi connectivity index (χ1v) is 9.14. The van der Waals surface area contributed by atoms with E-state index in [1.807, 2.05) is 11.8 Å². The van der Waals surface area contributed by atoms with E-state index in [2.05, 4.69) is 37.8 Å². The molecule has 1 aromatic rings. The van der Waals surface area contributed by atoms with Crippen molar-refractivity contribution in [2.45, 2.75) is 50.3 Å². The van der Waals surface area contributed by atoms with E-state index in [1.54, 1.807) is 11.3 Å². The highest BCUT2D eigenvalue weighted by Crippen LogP contribution is 2.31. The lowest BCUT2D eigenvalue weighted by atomic mass is 10.2. The number of unbranched alkanes of at least 4 members (excludes halogenated alkanes) is 1. The number of thioether (sulfide) groups is 1. The lowest BCUT2D eigenvalue weighted by Crippen LogP contribution is -2.26. The van der Waals surface area contributed by atoms with E-state index in [4.69, 9.17) is 0 Å². The Morgan fingerprint density at radius 2 is 2.05 bits per heavy atom. The van der Waals surface area contributed by atoms with Gasteiger partial charge in [-0.2, -0.15) is 0 Å². The Labute approximate surface area is 126 Å². The number of hydrogen-bond acceptors (Lipinski definition) is 4. The Morgan fingerprint density at radius 1 is 1.26 bits per heavy atom. The summed E-state index contributed by atoms with van der Waals surface area (Å²) in [4.78, 5) is 3.55. The van der Waals surface area contributed by atoms with Crippen LogP contribution < -0.4 is 0 Å². The number of hydrogen-bond donors (Lipinski definition) is 1. The molecule has 0 saturated heterocycles. The Balaban J connectivity index is 2.37. The van der Waals surface area contributed by atoms with Gasteiger partial charge in [0.2, 0.25) is 0 Å². The van der Waals surface area contributed by atoms with E-state index in [9.17, 15) is 5.11 Å². The van der Waals surface area contributed by atoms with Gasteiger partial charge >= 0.3 is 0 Å². The molecule has 1 unspecified atom stereocenters. The topological polar surface area (TPSA) is 23.5 Å². The van der Waals surface area contributed by atoms with Crippen LogP contribution in [0.25, 0.3) is 0 Å². The van der Waals surface area contributed by atoms with Gasteiger partial charge in [0.05, 0.1) is 10.3 Å². The van der Waals surface area contributed by atoms with Gasteiger partial charge in [0, 0.05) is 11.4 Å². The number of rotatable bonds is 10. The maximum Gasteiger partial charge on any atom is 0.0894 e. The Kier molecular flexibility index (Phi) is 8.79. The summed E-state index contributed by atoms with van der Waals surface area (Å²) in [6.45, 7) is 9.80. The highest BCUT2D eigenvalue weighted by molar-refractivity contribution is 8.01. The van der Waals surface area contributed by atoms with Crippen molar-refractivity contribution >= 4 is 23.1 Å². The van der Waals surface area contributed by atoms with Crippen molar-refractivity contribution in [2.75, 3.05) is 25.4 Å². The van der Waals surface area contributed by atoms with Crippen LogP contribution in [0.2, 0.25) is 0 Å². The zero-order valence-electron chi connectivity index (χ0n) is 12.4. The molecule has 1 atom stereocenters. The van der Waals surface area contributed by atoms with Gasteiger partial charge in [-0.25, -0.2) is 0 Å². The first kappa shape index (κ1) is 17.0. The average Bonchev–Trinajstić information content (AvgIpc) is 2.88. The molecule has 1 N–H and O–H groups in total. The zero-order chi connectivity index (χ0) is 14.1. The summed E-state index contributed by atoms with van der Waals surface area (Å²) in [6, 6.07) is 4.21. The molecule has 1 heterocycles. The number of nitrogens with zero attached hydrogens (tertiary/aromatic N) is 1. The first-order valence-electron chi connectivity index (χ1n) is 7.34. The lowest BCUT2D eigenvalue weighted by Gasteiger charge is -2.21. The second kappa shape index (κ2) is 9.81. The van der Waals surface area contributed by atoms with Crippen molar-refractivity contribution < 1.29 is 5.11 Å². The molecule has 0 saturated carbocycles. The molecule has 4 heteroatoms. The third kappa shape index (κ3) is 6.30. The largest absolute Gasteiger partial charge is 0.388 e.